The SMILES string of the molecule is CCC(CCO)CNC(=O)C1CCCC(N)C1. The van der Waals surface area contributed by atoms with Gasteiger partial charge in [0.1, 0.15) is 0 Å². The van der Waals surface area contributed by atoms with Crippen LogP contribution in [0.5, 0.6) is 0 Å². The molecule has 0 heterocycles. The van der Waals surface area contributed by atoms with Crippen LogP contribution in [0.2, 0.25) is 0 Å². The zero-order valence-corrected chi connectivity index (χ0v) is 10.8. The highest BCUT2D eigenvalue weighted by Gasteiger charge is 2.25. The molecule has 4 nitrogen and oxygen atoms in total. The van der Waals surface area contributed by atoms with Crippen molar-refractivity contribution in [3.05, 3.63) is 0 Å². The van der Waals surface area contributed by atoms with Gasteiger partial charge in [0.05, 0.1) is 0 Å². The highest BCUT2D eigenvalue weighted by atomic mass is 16.3. The van der Waals surface area contributed by atoms with Gasteiger partial charge in [-0.1, -0.05) is 19.8 Å². The lowest BCUT2D eigenvalue weighted by atomic mass is 9.85. The van der Waals surface area contributed by atoms with Gasteiger partial charge in [-0.2, -0.15) is 0 Å². The molecule has 3 atom stereocenters. The Bertz CT molecular complexity index is 233. The summed E-state index contributed by atoms with van der Waals surface area (Å²) in [5, 5.41) is 11.9. The number of nitrogens with two attached hydrogens (primary N) is 1. The fourth-order valence-corrected chi connectivity index (χ4v) is 2.49. The van der Waals surface area contributed by atoms with Crippen LogP contribution in [0.3, 0.4) is 0 Å². The third-order valence-electron chi connectivity index (χ3n) is 3.77. The van der Waals surface area contributed by atoms with Gasteiger partial charge in [-0.3, -0.25) is 4.79 Å². The molecule has 17 heavy (non-hydrogen) atoms. The fraction of sp³-hybridized carbons (Fsp3) is 0.923. The van der Waals surface area contributed by atoms with Crippen LogP contribution in [-0.4, -0.2) is 30.2 Å². The van der Waals surface area contributed by atoms with Crippen LogP contribution in [0.15, 0.2) is 0 Å². The Morgan fingerprint density at radius 3 is 2.88 bits per heavy atom. The van der Waals surface area contributed by atoms with Crippen molar-refractivity contribution in [2.24, 2.45) is 17.6 Å². The number of amides is 1. The summed E-state index contributed by atoms with van der Waals surface area (Å²) in [4.78, 5) is 11.9. The van der Waals surface area contributed by atoms with Crippen molar-refractivity contribution in [1.29, 1.82) is 0 Å². The second-order valence-corrected chi connectivity index (χ2v) is 5.16. The molecular weight excluding hydrogens is 216 g/mol. The van der Waals surface area contributed by atoms with Crippen molar-refractivity contribution < 1.29 is 9.90 Å². The first kappa shape index (κ1) is 14.5. The van der Waals surface area contributed by atoms with Crippen LogP contribution in [-0.2, 0) is 4.79 Å². The molecule has 1 fully saturated rings. The molecule has 3 unspecified atom stereocenters. The molecule has 1 aliphatic carbocycles. The van der Waals surface area contributed by atoms with Crippen LogP contribution in [0.1, 0.15) is 45.4 Å². The Morgan fingerprint density at radius 1 is 1.53 bits per heavy atom. The predicted molar refractivity (Wildman–Crippen MR) is 68.4 cm³/mol. The summed E-state index contributed by atoms with van der Waals surface area (Å²) in [5.74, 6) is 0.642. The van der Waals surface area contributed by atoms with Gasteiger partial charge in [-0.05, 0) is 31.6 Å². The number of carbonyl (C=O) groups is 1. The van der Waals surface area contributed by atoms with E-state index < -0.39 is 0 Å². The van der Waals surface area contributed by atoms with E-state index in [1.54, 1.807) is 0 Å². The largest absolute Gasteiger partial charge is 0.396 e. The van der Waals surface area contributed by atoms with E-state index in [1.807, 2.05) is 0 Å². The van der Waals surface area contributed by atoms with Crippen molar-refractivity contribution in [3.8, 4) is 0 Å². The third-order valence-corrected chi connectivity index (χ3v) is 3.77. The van der Waals surface area contributed by atoms with Crippen LogP contribution < -0.4 is 11.1 Å². The monoisotopic (exact) mass is 242 g/mol. The maximum Gasteiger partial charge on any atom is 0.223 e. The zero-order valence-electron chi connectivity index (χ0n) is 10.8. The number of rotatable bonds is 6. The number of aliphatic hydroxyl groups excluding tert-OH is 1. The van der Waals surface area contributed by atoms with Crippen LogP contribution in [0, 0.1) is 11.8 Å². The summed E-state index contributed by atoms with van der Waals surface area (Å²) < 4.78 is 0. The lowest BCUT2D eigenvalue weighted by Crippen LogP contribution is -2.39. The average Bonchev–Trinajstić information content (AvgIpc) is 2.34. The second kappa shape index (κ2) is 7.67. The molecule has 0 spiro atoms. The predicted octanol–water partition coefficient (Wildman–Crippen LogP) is 1.03. The molecule has 100 valence electrons. The van der Waals surface area contributed by atoms with Gasteiger partial charge in [0.2, 0.25) is 5.91 Å². The van der Waals surface area contributed by atoms with E-state index in [2.05, 4.69) is 12.2 Å². The van der Waals surface area contributed by atoms with Gasteiger partial charge in [0.25, 0.3) is 0 Å². The molecule has 0 aliphatic heterocycles. The molecule has 4 heteroatoms. The first-order valence-corrected chi connectivity index (χ1v) is 6.81. The van der Waals surface area contributed by atoms with E-state index in [0.29, 0.717) is 12.5 Å². The summed E-state index contributed by atoms with van der Waals surface area (Å²) in [6.07, 6.45) is 5.66. The van der Waals surface area contributed by atoms with E-state index in [1.165, 1.54) is 0 Å². The van der Waals surface area contributed by atoms with E-state index in [-0.39, 0.29) is 24.5 Å². The van der Waals surface area contributed by atoms with E-state index in [4.69, 9.17) is 10.8 Å². The molecule has 1 saturated carbocycles. The van der Waals surface area contributed by atoms with E-state index in [9.17, 15) is 4.79 Å². The van der Waals surface area contributed by atoms with Gasteiger partial charge in [0.15, 0.2) is 0 Å². The van der Waals surface area contributed by atoms with Crippen LogP contribution in [0.25, 0.3) is 0 Å². The fourth-order valence-electron chi connectivity index (χ4n) is 2.49. The Labute approximate surface area is 104 Å². The standard InChI is InChI=1S/C13H26N2O2/c1-2-10(6-7-16)9-15-13(17)11-4-3-5-12(14)8-11/h10-12,16H,2-9,14H2,1H3,(H,15,17). The van der Waals surface area contributed by atoms with Gasteiger partial charge in [0, 0.05) is 25.1 Å². The number of carbonyl (C=O) groups excluding carboxylic acids is 1. The molecule has 0 aromatic heterocycles. The normalized spacial score (nSPS) is 26.5. The number of hydrogen-bond acceptors (Lipinski definition) is 3. The number of hydrogen-bond donors (Lipinski definition) is 3. The minimum Gasteiger partial charge on any atom is -0.396 e. The van der Waals surface area contributed by atoms with E-state index >= 15 is 0 Å². The Morgan fingerprint density at radius 2 is 2.29 bits per heavy atom. The lowest BCUT2D eigenvalue weighted by molar-refractivity contribution is -0.126. The van der Waals surface area contributed by atoms with Crippen LogP contribution >= 0.6 is 0 Å². The first-order valence-electron chi connectivity index (χ1n) is 6.81. The number of aliphatic hydroxyl groups is 1. The van der Waals surface area contributed by atoms with E-state index in [0.717, 1.165) is 38.5 Å². The van der Waals surface area contributed by atoms with Crippen molar-refractivity contribution >= 4 is 5.91 Å². The van der Waals surface area contributed by atoms with Gasteiger partial charge < -0.3 is 16.2 Å². The summed E-state index contributed by atoms with van der Waals surface area (Å²) in [5.41, 5.74) is 5.88. The van der Waals surface area contributed by atoms with Crippen molar-refractivity contribution in [3.63, 3.8) is 0 Å². The molecular formula is C13H26N2O2. The molecule has 4 N–H and O–H groups in total. The summed E-state index contributed by atoms with van der Waals surface area (Å²) in [7, 11) is 0. The smallest absolute Gasteiger partial charge is 0.223 e. The van der Waals surface area contributed by atoms with Gasteiger partial charge in [-0.15, -0.1) is 0 Å². The topological polar surface area (TPSA) is 75.3 Å². The molecule has 0 saturated heterocycles. The highest BCUT2D eigenvalue weighted by molar-refractivity contribution is 5.78. The maximum atomic E-state index is 11.9. The molecule has 0 aromatic carbocycles. The Hall–Kier alpha value is -0.610. The minimum absolute atomic E-state index is 0.102. The molecule has 0 radical (unpaired) electrons. The Balaban J connectivity index is 2.28. The van der Waals surface area contributed by atoms with Crippen LogP contribution in [0.4, 0.5) is 0 Å². The van der Waals surface area contributed by atoms with Gasteiger partial charge in [-0.25, -0.2) is 0 Å². The Kier molecular flexibility index (Phi) is 6.52. The summed E-state index contributed by atoms with van der Waals surface area (Å²) in [6, 6.07) is 0.193. The summed E-state index contributed by atoms with van der Waals surface area (Å²) in [6.45, 7) is 2.97. The van der Waals surface area contributed by atoms with Crippen molar-refractivity contribution in [1.82, 2.24) is 5.32 Å². The number of nitrogens with one attached hydrogen (secondary N) is 1. The zero-order chi connectivity index (χ0) is 12.7. The minimum atomic E-state index is 0.102. The van der Waals surface area contributed by atoms with Gasteiger partial charge >= 0.3 is 0 Å². The third kappa shape index (κ3) is 5.04. The molecule has 1 amide bonds. The van der Waals surface area contributed by atoms with Crippen molar-refractivity contribution in [2.75, 3.05) is 13.2 Å². The average molecular weight is 242 g/mol. The maximum absolute atomic E-state index is 11.9. The molecule has 1 aliphatic rings. The quantitative estimate of drug-likeness (QED) is 0.651. The molecule has 0 aromatic rings. The molecule has 1 rings (SSSR count). The lowest BCUT2D eigenvalue weighted by Gasteiger charge is -2.26. The van der Waals surface area contributed by atoms with Crippen molar-refractivity contribution in [2.45, 2.75) is 51.5 Å². The highest BCUT2D eigenvalue weighted by Crippen LogP contribution is 2.23. The summed E-state index contributed by atoms with van der Waals surface area (Å²) >= 11 is 0. The second-order valence-electron chi connectivity index (χ2n) is 5.16. The molecule has 0 bridgehead atoms. The first-order chi connectivity index (χ1) is 8.17.